The van der Waals surface area contributed by atoms with E-state index < -0.39 is 0 Å². The first-order valence-corrected chi connectivity index (χ1v) is 9.20. The predicted molar refractivity (Wildman–Crippen MR) is 105 cm³/mol. The van der Waals surface area contributed by atoms with Gasteiger partial charge in [0.2, 0.25) is 0 Å². The molecule has 2 amide bonds. The molecule has 0 saturated carbocycles. The summed E-state index contributed by atoms with van der Waals surface area (Å²) in [4.78, 5) is 20.4. The zero-order valence-corrected chi connectivity index (χ0v) is 15.3. The number of rotatable bonds is 7. The first-order valence-electron chi connectivity index (χ1n) is 9.20. The van der Waals surface area contributed by atoms with Gasteiger partial charge in [0, 0.05) is 6.54 Å². The fraction of sp³-hybridized carbons (Fsp3) is 0.333. The van der Waals surface area contributed by atoms with E-state index in [1.165, 1.54) is 5.56 Å². The molecule has 0 radical (unpaired) electrons. The summed E-state index contributed by atoms with van der Waals surface area (Å²) in [6.07, 6.45) is 1.76. The molecule has 0 aliphatic rings. The first kappa shape index (κ1) is 18.0. The van der Waals surface area contributed by atoms with Crippen LogP contribution in [-0.2, 0) is 6.42 Å². The zero-order chi connectivity index (χ0) is 18.4. The van der Waals surface area contributed by atoms with Crippen LogP contribution in [0, 0.1) is 5.92 Å². The fourth-order valence-electron chi connectivity index (χ4n) is 2.99. The Bertz CT molecular complexity index is 810. The van der Waals surface area contributed by atoms with E-state index in [1.54, 1.807) is 0 Å². The van der Waals surface area contributed by atoms with E-state index in [0.29, 0.717) is 6.54 Å². The van der Waals surface area contributed by atoms with E-state index in [1.807, 2.05) is 42.5 Å². The maximum absolute atomic E-state index is 12.4. The number of carbonyl (C=O) groups excluding carboxylic acids is 1. The third kappa shape index (κ3) is 4.42. The molecule has 0 fully saturated rings. The fourth-order valence-corrected chi connectivity index (χ4v) is 2.99. The van der Waals surface area contributed by atoms with Crippen LogP contribution in [0.3, 0.4) is 0 Å². The molecule has 3 rings (SSSR count). The number of imidazole rings is 1. The number of nitrogens with zero attached hydrogens (tertiary/aromatic N) is 1. The molecule has 1 aromatic heterocycles. The van der Waals surface area contributed by atoms with Gasteiger partial charge in [-0.3, -0.25) is 0 Å². The summed E-state index contributed by atoms with van der Waals surface area (Å²) < 4.78 is 0. The van der Waals surface area contributed by atoms with Crippen LogP contribution in [-0.4, -0.2) is 22.5 Å². The maximum atomic E-state index is 12.4. The van der Waals surface area contributed by atoms with E-state index in [-0.39, 0.29) is 18.0 Å². The molecule has 0 spiro atoms. The number of hydrogen-bond donors (Lipinski definition) is 3. The quantitative estimate of drug-likeness (QED) is 0.598. The molecule has 1 heterocycles. The van der Waals surface area contributed by atoms with Crippen molar-refractivity contribution in [2.75, 3.05) is 6.54 Å². The molecule has 136 valence electrons. The van der Waals surface area contributed by atoms with Gasteiger partial charge in [0.05, 0.1) is 17.1 Å². The highest BCUT2D eigenvalue weighted by Crippen LogP contribution is 2.24. The van der Waals surface area contributed by atoms with E-state index in [0.717, 1.165) is 29.7 Å². The molecular formula is C21H26N4O. The lowest BCUT2D eigenvalue weighted by atomic mass is 9.99. The number of hydrogen-bond acceptors (Lipinski definition) is 2. The van der Waals surface area contributed by atoms with Crippen molar-refractivity contribution in [3.05, 3.63) is 66.0 Å². The van der Waals surface area contributed by atoms with E-state index in [2.05, 4.69) is 46.6 Å². The second-order valence-corrected chi connectivity index (χ2v) is 6.64. The van der Waals surface area contributed by atoms with Crippen molar-refractivity contribution in [2.45, 2.75) is 32.7 Å². The SMILES string of the molecule is CC[C@H](C)[C@H](NC(=O)NCCc1ccccc1)c1nc2ccccc2[nH]1. The van der Waals surface area contributed by atoms with Gasteiger partial charge in [0.1, 0.15) is 5.82 Å². The predicted octanol–water partition coefficient (Wildman–Crippen LogP) is 4.19. The van der Waals surface area contributed by atoms with E-state index >= 15 is 0 Å². The second kappa shape index (κ2) is 8.52. The van der Waals surface area contributed by atoms with Crippen molar-refractivity contribution in [1.82, 2.24) is 20.6 Å². The van der Waals surface area contributed by atoms with Gasteiger partial charge in [-0.25, -0.2) is 9.78 Å². The number of benzene rings is 2. The molecule has 26 heavy (non-hydrogen) atoms. The summed E-state index contributed by atoms with van der Waals surface area (Å²) in [7, 11) is 0. The number of fused-ring (bicyclic) bond motifs is 1. The van der Waals surface area contributed by atoms with Crippen molar-refractivity contribution in [1.29, 1.82) is 0 Å². The number of H-pyrrole nitrogens is 1. The van der Waals surface area contributed by atoms with Crippen LogP contribution >= 0.6 is 0 Å². The van der Waals surface area contributed by atoms with Crippen LogP contribution < -0.4 is 10.6 Å². The Morgan fingerprint density at radius 2 is 1.85 bits per heavy atom. The summed E-state index contributed by atoms with van der Waals surface area (Å²) in [5.41, 5.74) is 3.12. The monoisotopic (exact) mass is 350 g/mol. The van der Waals surface area contributed by atoms with Crippen LogP contribution in [0.1, 0.15) is 37.7 Å². The molecule has 0 saturated heterocycles. The molecule has 0 aliphatic heterocycles. The molecule has 5 heteroatoms. The summed E-state index contributed by atoms with van der Waals surface area (Å²) >= 11 is 0. The second-order valence-electron chi connectivity index (χ2n) is 6.64. The Morgan fingerprint density at radius 3 is 2.58 bits per heavy atom. The summed E-state index contributed by atoms with van der Waals surface area (Å²) in [5, 5.41) is 6.04. The molecule has 0 bridgehead atoms. The van der Waals surface area contributed by atoms with Gasteiger partial charge >= 0.3 is 6.03 Å². The number of urea groups is 1. The third-order valence-corrected chi connectivity index (χ3v) is 4.74. The Hall–Kier alpha value is -2.82. The lowest BCUT2D eigenvalue weighted by Crippen LogP contribution is -2.41. The number of para-hydroxylation sites is 2. The highest BCUT2D eigenvalue weighted by Gasteiger charge is 2.23. The van der Waals surface area contributed by atoms with Gasteiger partial charge in [-0.1, -0.05) is 62.7 Å². The first-order chi connectivity index (χ1) is 12.7. The average Bonchev–Trinajstić information content (AvgIpc) is 3.10. The molecule has 3 N–H and O–H groups in total. The van der Waals surface area contributed by atoms with Gasteiger partial charge < -0.3 is 15.6 Å². The summed E-state index contributed by atoms with van der Waals surface area (Å²) in [5.74, 6) is 1.08. The van der Waals surface area contributed by atoms with Gasteiger partial charge in [-0.2, -0.15) is 0 Å². The average molecular weight is 350 g/mol. The van der Waals surface area contributed by atoms with Crippen molar-refractivity contribution in [3.63, 3.8) is 0 Å². The summed E-state index contributed by atoms with van der Waals surface area (Å²) in [6, 6.07) is 17.8. The van der Waals surface area contributed by atoms with Gasteiger partial charge in [0.15, 0.2) is 0 Å². The van der Waals surface area contributed by atoms with Crippen LogP contribution in [0.2, 0.25) is 0 Å². The summed E-state index contributed by atoms with van der Waals surface area (Å²) in [6.45, 7) is 4.85. The molecule has 2 aromatic carbocycles. The van der Waals surface area contributed by atoms with Gasteiger partial charge in [-0.15, -0.1) is 0 Å². The van der Waals surface area contributed by atoms with Crippen LogP contribution in [0.25, 0.3) is 11.0 Å². The Labute approximate surface area is 154 Å². The molecule has 3 aromatic rings. The highest BCUT2D eigenvalue weighted by atomic mass is 16.2. The molecule has 0 aliphatic carbocycles. The van der Waals surface area contributed by atoms with Crippen LogP contribution in [0.4, 0.5) is 4.79 Å². The number of amides is 2. The van der Waals surface area contributed by atoms with Crippen molar-refractivity contribution in [3.8, 4) is 0 Å². The van der Waals surface area contributed by atoms with Crippen molar-refractivity contribution < 1.29 is 4.79 Å². The van der Waals surface area contributed by atoms with E-state index in [9.17, 15) is 4.79 Å². The van der Waals surface area contributed by atoms with Crippen LogP contribution in [0.15, 0.2) is 54.6 Å². The molecular weight excluding hydrogens is 324 g/mol. The van der Waals surface area contributed by atoms with Gasteiger partial charge in [-0.05, 0) is 30.0 Å². The van der Waals surface area contributed by atoms with Crippen molar-refractivity contribution in [2.24, 2.45) is 5.92 Å². The highest BCUT2D eigenvalue weighted by molar-refractivity contribution is 5.76. The lowest BCUT2D eigenvalue weighted by Gasteiger charge is -2.22. The molecule has 0 unspecified atom stereocenters. The van der Waals surface area contributed by atoms with Gasteiger partial charge in [0.25, 0.3) is 0 Å². The van der Waals surface area contributed by atoms with Crippen molar-refractivity contribution >= 4 is 17.1 Å². The lowest BCUT2D eigenvalue weighted by molar-refractivity contribution is 0.230. The Kier molecular flexibility index (Phi) is 5.89. The minimum absolute atomic E-state index is 0.149. The van der Waals surface area contributed by atoms with Crippen LogP contribution in [0.5, 0.6) is 0 Å². The molecule has 2 atom stereocenters. The number of aromatic nitrogens is 2. The van der Waals surface area contributed by atoms with E-state index in [4.69, 9.17) is 0 Å². The minimum Gasteiger partial charge on any atom is -0.340 e. The third-order valence-electron chi connectivity index (χ3n) is 4.74. The number of aromatic amines is 1. The number of nitrogens with one attached hydrogen (secondary N) is 3. The molecule has 5 nitrogen and oxygen atoms in total. The number of carbonyl (C=O) groups is 1. The largest absolute Gasteiger partial charge is 0.340 e. The standard InChI is InChI=1S/C21H26N4O/c1-3-15(2)19(20-23-17-11-7-8-12-18(17)24-20)25-21(26)22-14-13-16-9-5-4-6-10-16/h4-12,15,19H,3,13-14H2,1-2H3,(H,23,24)(H2,22,25,26)/t15-,19-/m0/s1. The maximum Gasteiger partial charge on any atom is 0.315 e. The smallest absolute Gasteiger partial charge is 0.315 e. The normalized spacial score (nSPS) is 13.3. The Balaban J connectivity index is 1.63. The Morgan fingerprint density at radius 1 is 1.12 bits per heavy atom. The topological polar surface area (TPSA) is 69.8 Å². The zero-order valence-electron chi connectivity index (χ0n) is 15.3. The minimum atomic E-state index is -0.160.